The molecule has 1 atom stereocenters. The van der Waals surface area contributed by atoms with Gasteiger partial charge in [0.2, 0.25) is 0 Å². The predicted octanol–water partition coefficient (Wildman–Crippen LogP) is -0.313. The first-order valence-electron chi connectivity index (χ1n) is 8.62. The molecular weight excluding hydrogens is 475 g/mol. The summed E-state index contributed by atoms with van der Waals surface area (Å²) in [7, 11) is 0. The van der Waals surface area contributed by atoms with E-state index >= 15 is 0 Å². The van der Waals surface area contributed by atoms with Crippen molar-refractivity contribution >= 4 is 23.5 Å². The summed E-state index contributed by atoms with van der Waals surface area (Å²) in [4.78, 5) is 1.65. The van der Waals surface area contributed by atoms with Crippen molar-refractivity contribution in [1.29, 1.82) is 0 Å². The van der Waals surface area contributed by atoms with Gasteiger partial charge in [0.15, 0.2) is 0 Å². The standard InChI is InChI=1S/C15H13S.C5H5.CH4Si.2ClH.Zr/c1-10-8-13-14(9-10)16-11(2)15(13)12-6-4-3-5-7-12;1-2-4-5-3-1;1-2;;;/h3-8,11H,1-2H3;1-5H;2H,1H3;2*1H;/q;;;;;+2/p-2. The molecule has 3 aliphatic rings. The van der Waals surface area contributed by atoms with E-state index < -0.39 is 20.4 Å². The van der Waals surface area contributed by atoms with Crippen LogP contribution in [0.2, 0.25) is 10.2 Å². The van der Waals surface area contributed by atoms with Gasteiger partial charge < -0.3 is 24.8 Å². The number of hydrogen-bond donors (Lipinski definition) is 0. The van der Waals surface area contributed by atoms with Crippen LogP contribution in [0.4, 0.5) is 0 Å². The van der Waals surface area contributed by atoms with E-state index in [-0.39, 0.29) is 24.8 Å². The van der Waals surface area contributed by atoms with E-state index in [1.807, 2.05) is 3.28 Å². The number of thioether (sulfide) groups is 1. The molecule has 1 aromatic rings. The molecule has 0 spiro atoms. The fourth-order valence-corrected chi connectivity index (χ4v) is 20.8. The Morgan fingerprint density at radius 3 is 2.31 bits per heavy atom. The number of rotatable bonds is 3. The Hall–Kier alpha value is -0.0500. The van der Waals surface area contributed by atoms with Crippen molar-refractivity contribution in [3.05, 3.63) is 85.6 Å². The first-order valence-corrected chi connectivity index (χ1v) is 18.1. The van der Waals surface area contributed by atoms with Crippen molar-refractivity contribution in [3.63, 3.8) is 0 Å². The van der Waals surface area contributed by atoms with Gasteiger partial charge in [-0.2, -0.15) is 0 Å². The Morgan fingerprint density at radius 1 is 1.04 bits per heavy atom. The molecule has 4 rings (SSSR count). The van der Waals surface area contributed by atoms with E-state index in [2.05, 4.69) is 92.9 Å². The molecule has 0 nitrogen and oxygen atoms in total. The normalized spacial score (nSPS) is 21.0. The molecule has 1 aromatic carbocycles. The molecule has 0 saturated heterocycles. The second kappa shape index (κ2) is 9.43. The van der Waals surface area contributed by atoms with Crippen LogP contribution in [0.15, 0.2) is 80.0 Å². The third-order valence-electron chi connectivity index (χ3n) is 5.01. The summed E-state index contributed by atoms with van der Waals surface area (Å²) in [6.45, 7) is 7.24. The zero-order valence-corrected chi connectivity index (χ0v) is 21.1. The average Bonchev–Trinajstić information content (AvgIpc) is 3.27. The molecule has 0 saturated carbocycles. The molecule has 1 unspecified atom stereocenters. The van der Waals surface area contributed by atoms with Crippen LogP contribution in [-0.2, 0) is 20.4 Å². The first kappa shape index (κ1) is 22.2. The first-order chi connectivity index (χ1) is 11.7. The molecule has 0 N–H and O–H groups in total. The van der Waals surface area contributed by atoms with Crippen LogP contribution < -0.4 is 24.8 Å². The number of allylic oxidation sites excluding steroid dienone is 8. The third-order valence-corrected chi connectivity index (χ3v) is 21.6. The zero-order valence-electron chi connectivity index (χ0n) is 15.2. The Morgan fingerprint density at radius 2 is 1.69 bits per heavy atom. The smallest absolute Gasteiger partial charge is 1.00 e. The van der Waals surface area contributed by atoms with E-state index in [9.17, 15) is 0 Å². The van der Waals surface area contributed by atoms with Crippen molar-refractivity contribution in [2.75, 3.05) is 0 Å². The zero-order chi connectivity index (χ0) is 16.7. The van der Waals surface area contributed by atoms with E-state index in [4.69, 9.17) is 0 Å². The van der Waals surface area contributed by atoms with Crippen molar-refractivity contribution in [3.8, 4) is 0 Å². The van der Waals surface area contributed by atoms with Gasteiger partial charge in [-0.1, -0.05) is 0 Å². The van der Waals surface area contributed by atoms with Gasteiger partial charge in [-0.3, -0.25) is 0 Å². The van der Waals surface area contributed by atoms with Gasteiger partial charge in [0.25, 0.3) is 0 Å². The minimum Gasteiger partial charge on any atom is -1.00 e. The summed E-state index contributed by atoms with van der Waals surface area (Å²) in [5, 5.41) is 0.572. The van der Waals surface area contributed by atoms with Crippen LogP contribution in [0.5, 0.6) is 0 Å². The van der Waals surface area contributed by atoms with Gasteiger partial charge in [0, 0.05) is 0 Å². The largest absolute Gasteiger partial charge is 1.00 e. The van der Waals surface area contributed by atoms with Crippen LogP contribution in [0.3, 0.4) is 0 Å². The predicted molar refractivity (Wildman–Crippen MR) is 106 cm³/mol. The number of benzene rings is 1. The fourth-order valence-electron chi connectivity index (χ4n) is 3.95. The molecule has 1 heterocycles. The molecule has 0 aromatic heterocycles. The Labute approximate surface area is 182 Å². The summed E-state index contributed by atoms with van der Waals surface area (Å²) in [6.07, 6.45) is 12.5. The van der Waals surface area contributed by atoms with Crippen LogP contribution in [0.25, 0.3) is 5.57 Å². The van der Waals surface area contributed by atoms with Gasteiger partial charge in [-0.05, 0) is 0 Å². The van der Waals surface area contributed by atoms with Crippen LogP contribution >= 0.6 is 11.8 Å². The minimum atomic E-state index is -1.60. The molecular formula is C21H22Cl2SSiZr. The van der Waals surface area contributed by atoms with Crippen molar-refractivity contribution in [1.82, 2.24) is 0 Å². The second-order valence-corrected chi connectivity index (χ2v) is 21.5. The van der Waals surface area contributed by atoms with E-state index in [1.165, 1.54) is 5.56 Å². The van der Waals surface area contributed by atoms with Crippen molar-refractivity contribution in [2.24, 2.45) is 0 Å². The van der Waals surface area contributed by atoms with Gasteiger partial charge in [0.1, 0.15) is 0 Å². The van der Waals surface area contributed by atoms with E-state index in [1.54, 1.807) is 21.6 Å². The molecule has 0 fully saturated rings. The summed E-state index contributed by atoms with van der Waals surface area (Å²) >= 11 is 0.519. The molecule has 26 heavy (non-hydrogen) atoms. The summed E-state index contributed by atoms with van der Waals surface area (Å²) < 4.78 is 2.61. The molecule has 134 valence electrons. The van der Waals surface area contributed by atoms with Gasteiger partial charge in [0.05, 0.1) is 0 Å². The maximum absolute atomic E-state index is 2.50. The molecule has 5 heteroatoms. The average molecular weight is 497 g/mol. The topological polar surface area (TPSA) is 0 Å². The van der Waals surface area contributed by atoms with Crippen LogP contribution in [0, 0.1) is 0 Å². The summed E-state index contributed by atoms with van der Waals surface area (Å²) in [5.74, 6) is 0. The second-order valence-electron chi connectivity index (χ2n) is 6.52. The maximum atomic E-state index is 2.50. The van der Waals surface area contributed by atoms with Crippen molar-refractivity contribution in [2.45, 2.75) is 29.3 Å². The minimum absolute atomic E-state index is 0. The Balaban J connectivity index is 0.00000121. The monoisotopic (exact) mass is 494 g/mol. The van der Waals surface area contributed by atoms with Crippen LogP contribution in [0.1, 0.15) is 19.4 Å². The van der Waals surface area contributed by atoms with Gasteiger partial charge in [-0.25, -0.2) is 0 Å². The van der Waals surface area contributed by atoms with E-state index in [0.717, 1.165) is 3.63 Å². The Kier molecular flexibility index (Phi) is 8.07. The molecule has 1 aliphatic heterocycles. The molecule has 0 amide bonds. The maximum Gasteiger partial charge on any atom is -1.00 e. The number of halogens is 2. The summed E-state index contributed by atoms with van der Waals surface area (Å²) in [5.41, 5.74) is 6.08. The number of fused-ring (bicyclic) bond motifs is 1. The van der Waals surface area contributed by atoms with Crippen molar-refractivity contribution < 1.29 is 45.2 Å². The van der Waals surface area contributed by atoms with Gasteiger partial charge >= 0.3 is 159 Å². The van der Waals surface area contributed by atoms with Crippen LogP contribution in [-0.4, -0.2) is 11.4 Å². The fraction of sp³-hybridized carbons (Fsp3) is 0.238. The third kappa shape index (κ3) is 3.89. The van der Waals surface area contributed by atoms with Gasteiger partial charge in [-0.15, -0.1) is 0 Å². The Bertz CT molecular complexity index is 867. The molecule has 2 aliphatic carbocycles. The quantitative estimate of drug-likeness (QED) is 0.518. The SMILES string of the molecule is C[SiH]=[Zr+2]([C]1=C2SC(C)C(c3ccccc3)=C2C=C1C)[CH]1C=CC=C1.[Cl-].[Cl-]. The summed E-state index contributed by atoms with van der Waals surface area (Å²) in [6, 6.07) is 11.0. The number of hydrogen-bond acceptors (Lipinski definition) is 1. The molecule has 0 bridgehead atoms. The molecule has 0 radical (unpaired) electrons. The van der Waals surface area contributed by atoms with E-state index in [0.29, 0.717) is 11.4 Å².